The molecule has 1 saturated carbocycles. The minimum Gasteiger partial charge on any atom is -0.468 e. The highest BCUT2D eigenvalue weighted by molar-refractivity contribution is 6.04. The van der Waals surface area contributed by atoms with Gasteiger partial charge in [-0.05, 0) is 68.7 Å². The summed E-state index contributed by atoms with van der Waals surface area (Å²) in [7, 11) is 4.48. The van der Waals surface area contributed by atoms with Gasteiger partial charge in [-0.25, -0.2) is 13.2 Å². The Bertz CT molecular complexity index is 3520. The highest BCUT2D eigenvalue weighted by atomic mass is 19.3. The molecule has 2 atom stereocenters. The topological polar surface area (TPSA) is 257 Å². The Morgan fingerprint density at radius 2 is 1.49 bits per heavy atom. The Balaban J connectivity index is 0.584. The van der Waals surface area contributed by atoms with Gasteiger partial charge in [-0.15, -0.1) is 0 Å². The molecule has 4 aromatic heterocycles. The molecular formula is C62H79F3N14O8. The van der Waals surface area contributed by atoms with Gasteiger partial charge in [0, 0.05) is 124 Å². The van der Waals surface area contributed by atoms with Crippen molar-refractivity contribution < 1.29 is 51.5 Å². The molecule has 25 heteroatoms. The number of rotatable bonds is 26. The van der Waals surface area contributed by atoms with Gasteiger partial charge in [0.25, 0.3) is 11.8 Å². The fourth-order valence-electron chi connectivity index (χ4n) is 13.0. The molecular weight excluding hydrogens is 1130 g/mol. The summed E-state index contributed by atoms with van der Waals surface area (Å²) in [6.07, 6.45) is 17.7. The molecule has 22 nitrogen and oxygen atoms in total. The molecule has 6 aromatic rings. The summed E-state index contributed by atoms with van der Waals surface area (Å²) >= 11 is 0. The van der Waals surface area contributed by atoms with Crippen molar-refractivity contribution in [2.45, 2.75) is 147 Å². The number of benzene rings is 2. The number of methoxy groups -OCH3 is 1. The number of H-pyrrole nitrogens is 1. The lowest BCUT2D eigenvalue weighted by atomic mass is 9.87. The summed E-state index contributed by atoms with van der Waals surface area (Å²) in [5.41, 5.74) is 3.70. The molecule has 3 fully saturated rings. The van der Waals surface area contributed by atoms with Crippen molar-refractivity contribution >= 4 is 68.9 Å². The largest absolute Gasteiger partial charge is 0.468 e. The standard InChI is InChI=1S/C62H79F3N14O8/c1-61-32-47-45(31-50(61)62(61,64)65)59(72-71-47)60(86)70-41-34-69-78(36-41)42-22-27-77(28-23-42)53(82)17-12-10-8-6-5-7-9-11-13-24-66-51(80)18-19-54(83)76-25-20-39(21-26-76)58-57-43(44-30-49-40(29-46(44)63)33-68-75(49)3)15-14-16-48(57)79(73-58)38-55(84)74(2)37-52(81)67-35-56(85)87-4/h14-16,29-30,33-34,36,39,42,50H,5-13,17-28,31-32,35,37-38H2,1-4H3,(H,66,80)(H,67,81)(H,70,86)(H,71,72)/t50-,61+/m1/s1. The fraction of sp³-hybridized carbons (Fsp3) is 0.565. The van der Waals surface area contributed by atoms with E-state index in [1.165, 1.54) is 25.1 Å². The molecule has 0 bridgehead atoms. The predicted molar refractivity (Wildman–Crippen MR) is 317 cm³/mol. The minimum atomic E-state index is -2.74. The predicted octanol–water partition coefficient (Wildman–Crippen LogP) is 7.39. The number of carbonyl (C=O) groups is 7. The lowest BCUT2D eigenvalue weighted by Gasteiger charge is -2.32. The van der Waals surface area contributed by atoms with Gasteiger partial charge in [-0.3, -0.25) is 52.7 Å². The van der Waals surface area contributed by atoms with E-state index in [0.717, 1.165) is 76.1 Å². The Labute approximate surface area is 502 Å². The first-order valence-corrected chi connectivity index (χ1v) is 30.6. The number of hydrogen-bond donors (Lipinski definition) is 4. The maximum Gasteiger partial charge on any atom is 0.325 e. The van der Waals surface area contributed by atoms with Gasteiger partial charge in [-0.1, -0.05) is 64.0 Å². The van der Waals surface area contributed by atoms with Crippen molar-refractivity contribution in [1.82, 2.24) is 64.9 Å². The number of aromatic nitrogens is 8. The second-order valence-corrected chi connectivity index (χ2v) is 24.2. The molecule has 2 aliphatic heterocycles. The molecule has 2 aromatic carbocycles. The Hall–Kier alpha value is -8.12. The van der Waals surface area contributed by atoms with Crippen LogP contribution >= 0.6 is 0 Å². The number of aryl methyl sites for hydroxylation is 1. The lowest BCUT2D eigenvalue weighted by molar-refractivity contribution is -0.141. The van der Waals surface area contributed by atoms with E-state index in [0.29, 0.717) is 102 Å². The van der Waals surface area contributed by atoms with E-state index < -0.39 is 46.8 Å². The number of esters is 1. The third kappa shape index (κ3) is 13.9. The second kappa shape index (κ2) is 26.9. The number of fused-ring (bicyclic) bond motifs is 4. The molecule has 2 saturated heterocycles. The SMILES string of the molecule is COC(=O)CNC(=O)CN(C)C(=O)Cn1nc(C2CCN(C(=O)CCC(=O)NCCCCCCCCCCCC(=O)N3CCC(n4cc(NC(=O)c5n[nH]c6c5C[C@H]5C(F)(F)[C@@]5(C)C6)cn4)CC3)CC2)c2c(-c3cc4c(cnn4C)cc3F)cccc21. The maximum atomic E-state index is 16.0. The Kier molecular flexibility index (Phi) is 19.1. The summed E-state index contributed by atoms with van der Waals surface area (Å²) in [4.78, 5) is 95.0. The number of likely N-dealkylation sites (N-methyl/N-ethyl adjacent to an activating group) is 1. The average Bonchev–Trinajstić information content (AvgIpc) is 1.57. The van der Waals surface area contributed by atoms with E-state index in [-0.39, 0.29) is 80.7 Å². The molecule has 0 spiro atoms. The molecule has 4 aliphatic rings. The monoisotopic (exact) mass is 1200 g/mol. The third-order valence-corrected chi connectivity index (χ3v) is 18.4. The van der Waals surface area contributed by atoms with Crippen molar-refractivity contribution in [3.05, 3.63) is 77.4 Å². The number of nitrogens with one attached hydrogen (secondary N) is 4. The maximum absolute atomic E-state index is 16.0. The van der Waals surface area contributed by atoms with Gasteiger partial charge < -0.3 is 35.4 Å². The first-order chi connectivity index (χ1) is 41.8. The zero-order valence-electron chi connectivity index (χ0n) is 50.1. The zero-order valence-corrected chi connectivity index (χ0v) is 50.1. The van der Waals surface area contributed by atoms with Gasteiger partial charge in [-0.2, -0.15) is 20.4 Å². The van der Waals surface area contributed by atoms with Crippen molar-refractivity contribution in [3.63, 3.8) is 0 Å². The van der Waals surface area contributed by atoms with Crippen molar-refractivity contribution in [1.29, 1.82) is 0 Å². The Morgan fingerprint density at radius 1 is 0.805 bits per heavy atom. The van der Waals surface area contributed by atoms with E-state index in [4.69, 9.17) is 5.10 Å². The molecule has 10 rings (SSSR count). The van der Waals surface area contributed by atoms with Gasteiger partial charge >= 0.3 is 5.97 Å². The first kappa shape index (κ1) is 61.9. The van der Waals surface area contributed by atoms with Crippen LogP contribution < -0.4 is 16.0 Å². The fourth-order valence-corrected chi connectivity index (χ4v) is 13.0. The highest BCUT2D eigenvalue weighted by Crippen LogP contribution is 2.70. The molecule has 0 radical (unpaired) electrons. The summed E-state index contributed by atoms with van der Waals surface area (Å²) in [6, 6.07) is 8.74. The summed E-state index contributed by atoms with van der Waals surface area (Å²) in [5.74, 6) is -6.22. The quantitative estimate of drug-likeness (QED) is 0.0306. The summed E-state index contributed by atoms with van der Waals surface area (Å²) in [6.45, 7) is 3.42. The summed E-state index contributed by atoms with van der Waals surface area (Å²) < 4.78 is 54.5. The number of unbranched alkanes of at least 4 members (excludes halogenated alkanes) is 8. The van der Waals surface area contributed by atoms with Crippen LogP contribution in [-0.2, 0) is 59.9 Å². The molecule has 6 amide bonds. The normalized spacial score (nSPS) is 18.3. The van der Waals surface area contributed by atoms with Crippen LogP contribution in [0.2, 0.25) is 0 Å². The van der Waals surface area contributed by atoms with Crippen molar-refractivity contribution in [3.8, 4) is 11.1 Å². The van der Waals surface area contributed by atoms with Crippen LogP contribution in [0, 0.1) is 17.2 Å². The smallest absolute Gasteiger partial charge is 0.325 e. The number of anilines is 1. The van der Waals surface area contributed by atoms with Crippen LogP contribution in [0.15, 0.2) is 48.9 Å². The number of halogens is 3. The number of amides is 6. The van der Waals surface area contributed by atoms with E-state index >= 15 is 4.39 Å². The molecule has 466 valence electrons. The van der Waals surface area contributed by atoms with Crippen molar-refractivity contribution in [2.24, 2.45) is 18.4 Å². The summed E-state index contributed by atoms with van der Waals surface area (Å²) in [5, 5.41) is 30.3. The number of carbonyl (C=O) groups excluding carboxylic acids is 7. The van der Waals surface area contributed by atoms with Gasteiger partial charge in [0.15, 0.2) is 5.69 Å². The number of nitrogens with zero attached hydrogens (tertiary/aromatic N) is 10. The molecule has 0 unspecified atom stereocenters. The van der Waals surface area contributed by atoms with E-state index in [1.54, 1.807) is 59.0 Å². The van der Waals surface area contributed by atoms with Crippen LogP contribution in [0.4, 0.5) is 18.9 Å². The van der Waals surface area contributed by atoms with Gasteiger partial charge in [0.05, 0.1) is 54.5 Å². The molecule has 87 heavy (non-hydrogen) atoms. The third-order valence-electron chi connectivity index (χ3n) is 18.4. The lowest BCUT2D eigenvalue weighted by Crippen LogP contribution is -2.41. The second-order valence-electron chi connectivity index (χ2n) is 24.2. The van der Waals surface area contributed by atoms with Crippen LogP contribution in [0.1, 0.15) is 149 Å². The number of likely N-dealkylation sites (tertiary alicyclic amines) is 2. The number of piperidine rings is 2. The molecule has 6 heterocycles. The average molecular weight is 1210 g/mol. The minimum absolute atomic E-state index is 0.0864. The first-order valence-electron chi connectivity index (χ1n) is 30.6. The molecule has 4 N–H and O–H groups in total. The van der Waals surface area contributed by atoms with E-state index in [2.05, 4.69) is 41.1 Å². The number of aromatic amines is 1. The van der Waals surface area contributed by atoms with Crippen LogP contribution in [0.25, 0.3) is 32.9 Å². The Morgan fingerprint density at radius 3 is 2.22 bits per heavy atom. The van der Waals surface area contributed by atoms with Crippen LogP contribution in [-0.4, -0.2) is 162 Å². The number of alkyl halides is 2. The van der Waals surface area contributed by atoms with Gasteiger partial charge in [0.2, 0.25) is 29.5 Å². The number of ether oxygens (including phenoxy) is 1. The van der Waals surface area contributed by atoms with E-state index in [1.807, 2.05) is 21.7 Å². The van der Waals surface area contributed by atoms with E-state index in [9.17, 15) is 42.3 Å². The zero-order chi connectivity index (χ0) is 61.6. The van der Waals surface area contributed by atoms with Crippen LogP contribution in [0.5, 0.6) is 0 Å². The highest BCUT2D eigenvalue weighted by Gasteiger charge is 2.78. The van der Waals surface area contributed by atoms with Gasteiger partial charge in [0.1, 0.15) is 18.9 Å². The number of hydrogen-bond acceptors (Lipinski definition) is 12. The molecule has 2 aliphatic carbocycles. The van der Waals surface area contributed by atoms with Crippen molar-refractivity contribution in [2.75, 3.05) is 65.3 Å². The van der Waals surface area contributed by atoms with Crippen LogP contribution in [0.3, 0.4) is 0 Å².